The summed E-state index contributed by atoms with van der Waals surface area (Å²) < 4.78 is 0. The second-order valence-electron chi connectivity index (χ2n) is 7.71. The van der Waals surface area contributed by atoms with Gasteiger partial charge in [-0.15, -0.1) is 0 Å². The van der Waals surface area contributed by atoms with Crippen LogP contribution in [0.4, 0.5) is 0 Å². The van der Waals surface area contributed by atoms with Crippen molar-refractivity contribution in [2.75, 3.05) is 13.1 Å². The summed E-state index contributed by atoms with van der Waals surface area (Å²) >= 11 is 0. The van der Waals surface area contributed by atoms with Gasteiger partial charge in [-0.2, -0.15) is 5.10 Å². The Morgan fingerprint density at radius 1 is 1.20 bits per heavy atom. The lowest BCUT2D eigenvalue weighted by atomic mass is 9.86. The molecule has 0 radical (unpaired) electrons. The van der Waals surface area contributed by atoms with E-state index in [9.17, 15) is 9.59 Å². The summed E-state index contributed by atoms with van der Waals surface area (Å²) in [7, 11) is 0. The molecule has 2 bridgehead atoms. The summed E-state index contributed by atoms with van der Waals surface area (Å²) in [4.78, 5) is 23.8. The van der Waals surface area contributed by atoms with Gasteiger partial charge in [0.2, 0.25) is 11.8 Å². The summed E-state index contributed by atoms with van der Waals surface area (Å²) in [5, 5.41) is 12.7. The molecule has 3 N–H and O–H groups in total. The van der Waals surface area contributed by atoms with Gasteiger partial charge in [-0.25, -0.2) is 0 Å². The van der Waals surface area contributed by atoms with Crippen molar-refractivity contribution in [1.82, 2.24) is 20.8 Å². The van der Waals surface area contributed by atoms with Crippen LogP contribution in [0.3, 0.4) is 0 Å². The summed E-state index contributed by atoms with van der Waals surface area (Å²) in [5.41, 5.74) is 2.28. The maximum absolute atomic E-state index is 12.0. The van der Waals surface area contributed by atoms with Crippen LogP contribution in [0.15, 0.2) is 6.20 Å². The number of aryl methyl sites for hydroxylation is 2. The third kappa shape index (κ3) is 5.06. The van der Waals surface area contributed by atoms with Gasteiger partial charge in [0.05, 0.1) is 6.20 Å². The molecule has 0 aliphatic heterocycles. The van der Waals surface area contributed by atoms with Gasteiger partial charge in [0.25, 0.3) is 0 Å². The molecule has 2 aliphatic carbocycles. The number of rotatable bonds is 9. The first-order valence-corrected chi connectivity index (χ1v) is 9.64. The van der Waals surface area contributed by atoms with Gasteiger partial charge in [-0.1, -0.05) is 6.42 Å². The van der Waals surface area contributed by atoms with E-state index in [1.807, 2.05) is 13.1 Å². The number of carbonyl (C=O) groups excluding carboxylic acids is 2. The number of fused-ring (bicyclic) bond motifs is 2. The third-order valence-corrected chi connectivity index (χ3v) is 5.89. The van der Waals surface area contributed by atoms with E-state index < -0.39 is 0 Å². The van der Waals surface area contributed by atoms with Crippen molar-refractivity contribution in [1.29, 1.82) is 0 Å². The van der Waals surface area contributed by atoms with Gasteiger partial charge in [0, 0.05) is 31.6 Å². The number of hydrogen-bond donors (Lipinski definition) is 3. The van der Waals surface area contributed by atoms with Crippen LogP contribution in [0, 0.1) is 24.7 Å². The predicted molar refractivity (Wildman–Crippen MR) is 95.8 cm³/mol. The van der Waals surface area contributed by atoms with E-state index in [0.717, 1.165) is 30.4 Å². The van der Waals surface area contributed by atoms with Gasteiger partial charge >= 0.3 is 0 Å². The minimum absolute atomic E-state index is 0.00383. The third-order valence-electron chi connectivity index (χ3n) is 5.89. The molecule has 6 heteroatoms. The van der Waals surface area contributed by atoms with Crippen molar-refractivity contribution in [3.63, 3.8) is 0 Å². The van der Waals surface area contributed by atoms with Crippen LogP contribution < -0.4 is 10.6 Å². The van der Waals surface area contributed by atoms with E-state index >= 15 is 0 Å². The zero-order chi connectivity index (χ0) is 17.6. The summed E-state index contributed by atoms with van der Waals surface area (Å²) in [6.07, 6.45) is 9.87. The highest BCUT2D eigenvalue weighted by molar-refractivity contribution is 5.79. The molecule has 0 spiro atoms. The second kappa shape index (κ2) is 8.50. The van der Waals surface area contributed by atoms with Crippen LogP contribution in [-0.2, 0) is 16.0 Å². The normalized spacial score (nSPS) is 24.4. The number of H-pyrrole nitrogens is 1. The SMILES string of the molecule is Cc1[nH]ncc1CCCNC(=O)CCNC(=O)CC1CC2CCC1C2. The fourth-order valence-corrected chi connectivity index (χ4v) is 4.47. The van der Waals surface area contributed by atoms with E-state index in [4.69, 9.17) is 0 Å². The number of aromatic nitrogens is 2. The first kappa shape index (κ1) is 18.0. The highest BCUT2D eigenvalue weighted by Gasteiger charge is 2.39. The lowest BCUT2D eigenvalue weighted by molar-refractivity contribution is -0.123. The molecule has 1 aromatic heterocycles. The smallest absolute Gasteiger partial charge is 0.221 e. The number of aromatic amines is 1. The summed E-state index contributed by atoms with van der Waals surface area (Å²) in [5.74, 6) is 2.35. The Hall–Kier alpha value is -1.85. The Bertz CT molecular complexity index is 598. The van der Waals surface area contributed by atoms with Crippen molar-refractivity contribution in [3.05, 3.63) is 17.5 Å². The topological polar surface area (TPSA) is 86.9 Å². The average Bonchev–Trinajstić information content (AvgIpc) is 3.29. The predicted octanol–water partition coefficient (Wildman–Crippen LogP) is 2.10. The van der Waals surface area contributed by atoms with Crippen LogP contribution in [0.2, 0.25) is 0 Å². The summed E-state index contributed by atoms with van der Waals surface area (Å²) in [6.45, 7) is 3.09. The number of amides is 2. The van der Waals surface area contributed by atoms with Crippen molar-refractivity contribution in [2.45, 2.75) is 58.3 Å². The molecular formula is C19H30N4O2. The highest BCUT2D eigenvalue weighted by atomic mass is 16.2. The number of nitrogens with zero attached hydrogens (tertiary/aromatic N) is 1. The van der Waals surface area contributed by atoms with Gasteiger partial charge < -0.3 is 10.6 Å². The largest absolute Gasteiger partial charge is 0.356 e. The lowest BCUT2D eigenvalue weighted by Gasteiger charge is -2.20. The molecule has 0 aromatic carbocycles. The Labute approximate surface area is 149 Å². The lowest BCUT2D eigenvalue weighted by Crippen LogP contribution is -2.32. The maximum atomic E-state index is 12.0. The molecule has 3 atom stereocenters. The van der Waals surface area contributed by atoms with Gasteiger partial charge in [0.1, 0.15) is 0 Å². The van der Waals surface area contributed by atoms with Crippen LogP contribution in [0.25, 0.3) is 0 Å². The Kier molecular flexibility index (Phi) is 6.10. The van der Waals surface area contributed by atoms with E-state index in [2.05, 4.69) is 20.8 Å². The van der Waals surface area contributed by atoms with Crippen LogP contribution in [0.1, 0.15) is 56.2 Å². The van der Waals surface area contributed by atoms with Crippen molar-refractivity contribution in [2.24, 2.45) is 17.8 Å². The van der Waals surface area contributed by atoms with Crippen LogP contribution in [0.5, 0.6) is 0 Å². The highest BCUT2D eigenvalue weighted by Crippen LogP contribution is 2.49. The zero-order valence-corrected chi connectivity index (χ0v) is 15.1. The molecule has 2 amide bonds. The fourth-order valence-electron chi connectivity index (χ4n) is 4.47. The molecule has 0 saturated heterocycles. The number of nitrogens with one attached hydrogen (secondary N) is 3. The molecule has 138 valence electrons. The van der Waals surface area contributed by atoms with E-state index in [1.165, 1.54) is 31.2 Å². The van der Waals surface area contributed by atoms with Crippen LogP contribution >= 0.6 is 0 Å². The van der Waals surface area contributed by atoms with E-state index in [-0.39, 0.29) is 11.8 Å². The Morgan fingerprint density at radius 3 is 2.72 bits per heavy atom. The first-order chi connectivity index (χ1) is 12.1. The Balaban J connectivity index is 1.22. The number of hydrogen-bond acceptors (Lipinski definition) is 3. The minimum atomic E-state index is 0.00383. The average molecular weight is 346 g/mol. The summed E-state index contributed by atoms with van der Waals surface area (Å²) in [6, 6.07) is 0. The molecule has 25 heavy (non-hydrogen) atoms. The standard InChI is InChI=1S/C19H30N4O2/c1-13-16(12-22-23-13)3-2-7-20-18(24)6-8-21-19(25)11-17-10-14-4-5-15(17)9-14/h12,14-15,17H,2-11H2,1H3,(H,20,24)(H,21,25)(H,22,23). The fraction of sp³-hybridized carbons (Fsp3) is 0.737. The zero-order valence-electron chi connectivity index (χ0n) is 15.1. The van der Waals surface area contributed by atoms with E-state index in [0.29, 0.717) is 31.8 Å². The molecule has 3 unspecified atom stereocenters. The molecule has 1 aromatic rings. The van der Waals surface area contributed by atoms with Gasteiger partial charge in [-0.05, 0) is 62.3 Å². The molecule has 2 fully saturated rings. The van der Waals surface area contributed by atoms with Crippen LogP contribution in [-0.4, -0.2) is 35.1 Å². The molecule has 3 rings (SSSR count). The quantitative estimate of drug-likeness (QED) is 0.599. The van der Waals surface area contributed by atoms with Crippen molar-refractivity contribution >= 4 is 11.8 Å². The maximum Gasteiger partial charge on any atom is 0.221 e. The minimum Gasteiger partial charge on any atom is -0.356 e. The van der Waals surface area contributed by atoms with Gasteiger partial charge in [0.15, 0.2) is 0 Å². The first-order valence-electron chi connectivity index (χ1n) is 9.64. The second-order valence-corrected chi connectivity index (χ2v) is 7.71. The molecule has 1 heterocycles. The van der Waals surface area contributed by atoms with Gasteiger partial charge in [-0.3, -0.25) is 14.7 Å². The molecule has 2 aliphatic rings. The monoisotopic (exact) mass is 346 g/mol. The Morgan fingerprint density at radius 2 is 2.04 bits per heavy atom. The van der Waals surface area contributed by atoms with Crippen molar-refractivity contribution < 1.29 is 9.59 Å². The molecular weight excluding hydrogens is 316 g/mol. The van der Waals surface area contributed by atoms with E-state index in [1.54, 1.807) is 0 Å². The molecule has 2 saturated carbocycles. The number of carbonyl (C=O) groups is 2. The molecule has 6 nitrogen and oxygen atoms in total. The van der Waals surface area contributed by atoms with Crippen molar-refractivity contribution in [3.8, 4) is 0 Å².